The van der Waals surface area contributed by atoms with Crippen molar-refractivity contribution in [1.29, 1.82) is 5.26 Å². The number of hydrogen-bond donors (Lipinski definition) is 2. The normalized spacial score (nSPS) is 15.1. The number of carbonyl (C=O) groups is 1. The molecule has 1 fully saturated rings. The monoisotopic (exact) mass is 336 g/mol. The molecule has 7 nitrogen and oxygen atoms in total. The predicted octanol–water partition coefficient (Wildman–Crippen LogP) is 1.41. The van der Waals surface area contributed by atoms with Crippen molar-refractivity contribution in [3.63, 3.8) is 0 Å². The van der Waals surface area contributed by atoms with Gasteiger partial charge in [-0.15, -0.1) is 0 Å². The first-order valence-corrected chi connectivity index (χ1v) is 9.07. The molecule has 1 aromatic carbocycles. The van der Waals surface area contributed by atoms with Crippen LogP contribution in [0.5, 0.6) is 0 Å². The molecule has 1 heterocycles. The molecule has 2 amide bonds. The Hall–Kier alpha value is -2.11. The van der Waals surface area contributed by atoms with Gasteiger partial charge in [0, 0.05) is 25.3 Å². The van der Waals surface area contributed by atoms with E-state index in [1.165, 1.54) is 4.31 Å². The summed E-state index contributed by atoms with van der Waals surface area (Å²) in [6.45, 7) is 2.98. The molecular formula is C15H20N4O3S. The molecule has 0 saturated carbocycles. The van der Waals surface area contributed by atoms with Crippen molar-refractivity contribution < 1.29 is 13.2 Å². The van der Waals surface area contributed by atoms with Gasteiger partial charge >= 0.3 is 6.03 Å². The van der Waals surface area contributed by atoms with Crippen molar-refractivity contribution in [3.8, 4) is 6.07 Å². The summed E-state index contributed by atoms with van der Waals surface area (Å²) < 4.78 is 25.5. The molecule has 2 N–H and O–H groups in total. The van der Waals surface area contributed by atoms with Crippen LogP contribution < -0.4 is 10.6 Å². The molecule has 8 heteroatoms. The van der Waals surface area contributed by atoms with Gasteiger partial charge in [0.15, 0.2) is 0 Å². The number of benzene rings is 1. The Labute approximate surface area is 136 Å². The van der Waals surface area contributed by atoms with E-state index in [2.05, 4.69) is 10.6 Å². The third-order valence-electron chi connectivity index (χ3n) is 3.72. The summed E-state index contributed by atoms with van der Waals surface area (Å²) in [7, 11) is -3.30. The quantitative estimate of drug-likeness (QED) is 0.848. The Morgan fingerprint density at radius 1 is 1.35 bits per heavy atom. The zero-order valence-corrected chi connectivity index (χ0v) is 13.8. The van der Waals surface area contributed by atoms with Gasteiger partial charge in [-0.1, -0.05) is 6.07 Å². The summed E-state index contributed by atoms with van der Waals surface area (Å²) >= 11 is 0. The van der Waals surface area contributed by atoms with Crippen LogP contribution in [0.25, 0.3) is 0 Å². The molecular weight excluding hydrogens is 316 g/mol. The Balaban J connectivity index is 1.82. The van der Waals surface area contributed by atoms with Gasteiger partial charge in [0.05, 0.1) is 17.4 Å². The Bertz CT molecular complexity index is 719. The first kappa shape index (κ1) is 17.2. The minimum atomic E-state index is -3.30. The maximum atomic E-state index is 12.0. The second-order valence-electron chi connectivity index (χ2n) is 5.44. The second-order valence-corrected chi connectivity index (χ2v) is 7.53. The average Bonchev–Trinajstić information content (AvgIpc) is 3.04. The lowest BCUT2D eigenvalue weighted by Crippen LogP contribution is -2.37. The molecule has 0 radical (unpaired) electrons. The zero-order valence-electron chi connectivity index (χ0n) is 13.0. The fraction of sp³-hybridized carbons (Fsp3) is 0.467. The maximum absolute atomic E-state index is 12.0. The molecule has 0 bridgehead atoms. The first-order chi connectivity index (χ1) is 10.9. The van der Waals surface area contributed by atoms with E-state index in [0.717, 1.165) is 18.4 Å². The standard InChI is InChI=1S/C15H20N4O3S/c1-12-4-5-14(10-13(12)11-16)18-15(20)17-6-9-23(21,22)19-7-2-3-8-19/h4-5,10H,2-3,6-9H2,1H3,(H2,17,18,20). The van der Waals surface area contributed by atoms with Crippen molar-refractivity contribution in [2.24, 2.45) is 0 Å². The lowest BCUT2D eigenvalue weighted by atomic mass is 10.1. The van der Waals surface area contributed by atoms with Gasteiger partial charge in [-0.2, -0.15) is 5.26 Å². The molecule has 124 valence electrons. The number of carbonyl (C=O) groups excluding carboxylic acids is 1. The Kier molecular flexibility index (Phi) is 5.58. The second kappa shape index (κ2) is 7.44. The fourth-order valence-corrected chi connectivity index (χ4v) is 3.82. The van der Waals surface area contributed by atoms with E-state index >= 15 is 0 Å². The van der Waals surface area contributed by atoms with Gasteiger partial charge in [0.1, 0.15) is 0 Å². The van der Waals surface area contributed by atoms with E-state index < -0.39 is 16.1 Å². The minimum absolute atomic E-state index is 0.0433. The number of rotatable bonds is 5. The van der Waals surface area contributed by atoms with E-state index in [1.807, 2.05) is 13.0 Å². The maximum Gasteiger partial charge on any atom is 0.319 e. The summed E-state index contributed by atoms with van der Waals surface area (Å²) in [6, 6.07) is 6.57. The number of nitrogens with zero attached hydrogens (tertiary/aromatic N) is 2. The molecule has 0 atom stereocenters. The molecule has 1 aliphatic heterocycles. The van der Waals surface area contributed by atoms with Crippen molar-refractivity contribution in [2.75, 3.05) is 30.7 Å². The van der Waals surface area contributed by atoms with Gasteiger partial charge in [0.25, 0.3) is 0 Å². The summed E-state index contributed by atoms with van der Waals surface area (Å²) in [5, 5.41) is 14.1. The van der Waals surface area contributed by atoms with Crippen LogP contribution in [0.1, 0.15) is 24.0 Å². The van der Waals surface area contributed by atoms with Crippen LogP contribution in [0.15, 0.2) is 18.2 Å². The van der Waals surface area contributed by atoms with Gasteiger partial charge in [-0.3, -0.25) is 0 Å². The molecule has 23 heavy (non-hydrogen) atoms. The average molecular weight is 336 g/mol. The molecule has 1 saturated heterocycles. The van der Waals surface area contributed by atoms with Crippen LogP contribution in [0.2, 0.25) is 0 Å². The lowest BCUT2D eigenvalue weighted by Gasteiger charge is -2.15. The minimum Gasteiger partial charge on any atom is -0.337 e. The number of aryl methyl sites for hydroxylation is 1. The first-order valence-electron chi connectivity index (χ1n) is 7.46. The van der Waals surface area contributed by atoms with Crippen molar-refractivity contribution >= 4 is 21.7 Å². The van der Waals surface area contributed by atoms with Crippen LogP contribution in [0.4, 0.5) is 10.5 Å². The van der Waals surface area contributed by atoms with Crippen LogP contribution in [0.3, 0.4) is 0 Å². The van der Waals surface area contributed by atoms with Crippen molar-refractivity contribution in [3.05, 3.63) is 29.3 Å². The Morgan fingerprint density at radius 3 is 2.70 bits per heavy atom. The largest absolute Gasteiger partial charge is 0.337 e. The van der Waals surface area contributed by atoms with Gasteiger partial charge in [0.2, 0.25) is 10.0 Å². The molecule has 0 unspecified atom stereocenters. The number of nitrogens with one attached hydrogen (secondary N) is 2. The van der Waals surface area contributed by atoms with Gasteiger partial charge < -0.3 is 10.6 Å². The van der Waals surface area contributed by atoms with E-state index in [4.69, 9.17) is 5.26 Å². The number of amides is 2. The zero-order chi connectivity index (χ0) is 16.9. The van der Waals surface area contributed by atoms with Crippen LogP contribution in [0, 0.1) is 18.3 Å². The molecule has 1 aromatic rings. The smallest absolute Gasteiger partial charge is 0.319 e. The SMILES string of the molecule is Cc1ccc(NC(=O)NCCS(=O)(=O)N2CCCC2)cc1C#N. The lowest BCUT2D eigenvalue weighted by molar-refractivity contribution is 0.252. The summed E-state index contributed by atoms with van der Waals surface area (Å²) in [5.41, 5.74) is 1.81. The highest BCUT2D eigenvalue weighted by atomic mass is 32.2. The Morgan fingerprint density at radius 2 is 2.04 bits per heavy atom. The summed E-state index contributed by atoms with van der Waals surface area (Å²) in [6.07, 6.45) is 1.78. The third-order valence-corrected chi connectivity index (χ3v) is 5.59. The highest BCUT2D eigenvalue weighted by Gasteiger charge is 2.24. The number of nitriles is 1. The summed E-state index contributed by atoms with van der Waals surface area (Å²) in [4.78, 5) is 11.8. The van der Waals surface area contributed by atoms with E-state index in [1.54, 1.807) is 18.2 Å². The van der Waals surface area contributed by atoms with Crippen LogP contribution >= 0.6 is 0 Å². The highest BCUT2D eigenvalue weighted by molar-refractivity contribution is 7.89. The number of anilines is 1. The predicted molar refractivity (Wildman–Crippen MR) is 87.5 cm³/mol. The number of urea groups is 1. The fourth-order valence-electron chi connectivity index (χ4n) is 2.38. The third kappa shape index (κ3) is 4.68. The van der Waals surface area contributed by atoms with Crippen LogP contribution in [-0.2, 0) is 10.0 Å². The molecule has 1 aliphatic rings. The van der Waals surface area contributed by atoms with E-state index in [-0.39, 0.29) is 12.3 Å². The molecule has 2 rings (SSSR count). The highest BCUT2D eigenvalue weighted by Crippen LogP contribution is 2.14. The molecule has 0 spiro atoms. The van der Waals surface area contributed by atoms with Crippen LogP contribution in [-0.4, -0.2) is 44.1 Å². The number of hydrogen-bond acceptors (Lipinski definition) is 4. The summed E-state index contributed by atoms with van der Waals surface area (Å²) in [5.74, 6) is -0.113. The molecule has 0 aromatic heterocycles. The van der Waals surface area contributed by atoms with Crippen molar-refractivity contribution in [1.82, 2.24) is 9.62 Å². The van der Waals surface area contributed by atoms with Crippen molar-refractivity contribution in [2.45, 2.75) is 19.8 Å². The van der Waals surface area contributed by atoms with Gasteiger partial charge in [-0.05, 0) is 37.5 Å². The number of sulfonamides is 1. The molecule has 0 aliphatic carbocycles. The van der Waals surface area contributed by atoms with Gasteiger partial charge in [-0.25, -0.2) is 17.5 Å². The van der Waals surface area contributed by atoms with E-state index in [9.17, 15) is 13.2 Å². The topological polar surface area (TPSA) is 102 Å². The van der Waals surface area contributed by atoms with E-state index in [0.29, 0.717) is 24.3 Å².